The van der Waals surface area contributed by atoms with Crippen LogP contribution in [0.25, 0.3) is 0 Å². The van der Waals surface area contributed by atoms with E-state index in [2.05, 4.69) is 52.5 Å². The molecule has 1 aromatic carbocycles. The summed E-state index contributed by atoms with van der Waals surface area (Å²) in [4.78, 5) is 18.8. The number of unbranched alkanes of at least 4 members (excludes halogenated alkanes) is 5. The van der Waals surface area contributed by atoms with E-state index >= 15 is 0 Å². The lowest BCUT2D eigenvalue weighted by atomic mass is 9.87. The number of H-pyrrole nitrogens is 1. The zero-order valence-corrected chi connectivity index (χ0v) is 21.1. The maximum Gasteiger partial charge on any atom is 0.328 e. The van der Waals surface area contributed by atoms with Gasteiger partial charge in [0.15, 0.2) is 5.96 Å². The molecule has 2 unspecified atom stereocenters. The largest absolute Gasteiger partial charge is 0.478 e. The van der Waals surface area contributed by atoms with Crippen molar-refractivity contribution in [2.75, 3.05) is 11.9 Å². The highest BCUT2D eigenvalue weighted by atomic mass is 16.4. The van der Waals surface area contributed by atoms with Gasteiger partial charge in [0.2, 0.25) is 0 Å². The lowest BCUT2D eigenvalue weighted by molar-refractivity contribution is -0.131. The fourth-order valence-electron chi connectivity index (χ4n) is 4.47. The number of rotatable bonds is 18. The van der Waals surface area contributed by atoms with E-state index in [1.807, 2.05) is 18.3 Å². The first-order chi connectivity index (χ1) is 17.0. The molecule has 35 heavy (non-hydrogen) atoms. The Morgan fingerprint density at radius 3 is 2.43 bits per heavy atom. The number of aromatic nitrogens is 1. The van der Waals surface area contributed by atoms with Gasteiger partial charge in [-0.3, -0.25) is 0 Å². The molecular formula is C28H43N5O2. The number of nitrogens with zero attached hydrogens (tertiary/aromatic N) is 1. The molecule has 0 spiro atoms. The molecule has 192 valence electrons. The molecule has 1 aromatic heterocycles. The van der Waals surface area contributed by atoms with Crippen molar-refractivity contribution in [3.8, 4) is 0 Å². The van der Waals surface area contributed by atoms with E-state index in [9.17, 15) is 9.90 Å². The van der Waals surface area contributed by atoms with Gasteiger partial charge in [0.05, 0.1) is 12.6 Å². The summed E-state index contributed by atoms with van der Waals surface area (Å²) in [7, 11) is 0. The van der Waals surface area contributed by atoms with Crippen molar-refractivity contribution >= 4 is 17.7 Å². The number of carbonyl (C=O) groups is 1. The molecule has 7 heteroatoms. The normalized spacial score (nSPS) is 13.2. The number of benzene rings is 1. The van der Waals surface area contributed by atoms with Crippen LogP contribution in [0, 0.1) is 5.92 Å². The predicted octanol–water partition coefficient (Wildman–Crippen LogP) is 5.47. The van der Waals surface area contributed by atoms with Gasteiger partial charge in [-0.2, -0.15) is 0 Å². The zero-order chi connectivity index (χ0) is 25.3. The number of nitrogens with one attached hydrogen (secondary N) is 2. The van der Waals surface area contributed by atoms with Crippen molar-refractivity contribution in [1.82, 2.24) is 4.98 Å². The highest BCUT2D eigenvalue weighted by Gasteiger charge is 2.19. The molecule has 2 aromatic rings. The molecule has 0 aliphatic rings. The topological polar surface area (TPSA) is 130 Å². The van der Waals surface area contributed by atoms with Crippen molar-refractivity contribution in [2.24, 2.45) is 22.4 Å². The molecule has 1 heterocycles. The highest BCUT2D eigenvalue weighted by Crippen LogP contribution is 2.25. The number of carboxylic acid groups (broad SMARTS) is 1. The Morgan fingerprint density at radius 2 is 1.77 bits per heavy atom. The number of nitrogens with two attached hydrogens (primary N) is 2. The van der Waals surface area contributed by atoms with Crippen LogP contribution >= 0.6 is 0 Å². The molecular weight excluding hydrogens is 438 g/mol. The summed E-state index contributed by atoms with van der Waals surface area (Å²) >= 11 is 0. The summed E-state index contributed by atoms with van der Waals surface area (Å²) in [6.07, 6.45) is 14.7. The van der Waals surface area contributed by atoms with Crippen molar-refractivity contribution < 1.29 is 9.90 Å². The minimum absolute atomic E-state index is 0.0510. The maximum absolute atomic E-state index is 11.6. The molecule has 0 radical (unpaired) electrons. The van der Waals surface area contributed by atoms with Crippen LogP contribution in [0.2, 0.25) is 0 Å². The minimum Gasteiger partial charge on any atom is -0.478 e. The third kappa shape index (κ3) is 12.2. The Kier molecular flexibility index (Phi) is 13.1. The van der Waals surface area contributed by atoms with E-state index in [0.717, 1.165) is 25.1 Å². The first kappa shape index (κ1) is 28.0. The number of carboxylic acids is 1. The van der Waals surface area contributed by atoms with Gasteiger partial charge in [0, 0.05) is 12.3 Å². The van der Waals surface area contributed by atoms with Crippen molar-refractivity contribution in [2.45, 2.75) is 77.2 Å². The number of aliphatic imine (C=N–C) groups is 1. The van der Waals surface area contributed by atoms with Crippen LogP contribution in [-0.2, 0) is 11.2 Å². The first-order valence-corrected chi connectivity index (χ1v) is 12.9. The molecule has 0 amide bonds. The van der Waals surface area contributed by atoms with Crippen LogP contribution in [0.3, 0.4) is 0 Å². The number of aromatic amines is 1. The van der Waals surface area contributed by atoms with E-state index in [1.54, 1.807) is 0 Å². The van der Waals surface area contributed by atoms with E-state index < -0.39 is 5.97 Å². The lowest BCUT2D eigenvalue weighted by Crippen LogP contribution is -2.28. The van der Waals surface area contributed by atoms with Gasteiger partial charge in [0.1, 0.15) is 5.82 Å². The van der Waals surface area contributed by atoms with Crippen LogP contribution < -0.4 is 16.8 Å². The zero-order valence-electron chi connectivity index (χ0n) is 21.1. The summed E-state index contributed by atoms with van der Waals surface area (Å²) in [5.74, 6) is 0.305. The van der Waals surface area contributed by atoms with Gasteiger partial charge < -0.3 is 26.9 Å². The van der Waals surface area contributed by atoms with Crippen LogP contribution in [0.1, 0.15) is 70.3 Å². The van der Waals surface area contributed by atoms with Gasteiger partial charge in [-0.1, -0.05) is 82.2 Å². The summed E-state index contributed by atoms with van der Waals surface area (Å²) in [6.45, 7) is 2.39. The number of aliphatic carboxylic acids is 1. The van der Waals surface area contributed by atoms with E-state index in [-0.39, 0.29) is 18.5 Å². The minimum atomic E-state index is -1.00. The third-order valence-corrected chi connectivity index (χ3v) is 6.33. The fraction of sp³-hybridized carbons (Fsp3) is 0.500. The average molecular weight is 482 g/mol. The monoisotopic (exact) mass is 481 g/mol. The van der Waals surface area contributed by atoms with E-state index in [4.69, 9.17) is 11.5 Å². The first-order valence-electron chi connectivity index (χ1n) is 12.9. The Hall–Kier alpha value is -3.22. The average Bonchev–Trinajstić information content (AvgIpc) is 3.35. The quantitative estimate of drug-likeness (QED) is 0.0834. The van der Waals surface area contributed by atoms with Gasteiger partial charge in [-0.05, 0) is 48.4 Å². The van der Waals surface area contributed by atoms with Crippen molar-refractivity contribution in [3.63, 3.8) is 0 Å². The second kappa shape index (κ2) is 16.4. The molecule has 0 aliphatic heterocycles. The highest BCUT2D eigenvalue weighted by molar-refractivity contribution is 5.81. The molecule has 7 nitrogen and oxygen atoms in total. The van der Waals surface area contributed by atoms with Crippen LogP contribution in [-0.4, -0.2) is 34.6 Å². The van der Waals surface area contributed by atoms with Gasteiger partial charge in [-0.15, -0.1) is 0 Å². The van der Waals surface area contributed by atoms with Crippen molar-refractivity contribution in [1.29, 1.82) is 0 Å². The van der Waals surface area contributed by atoms with Gasteiger partial charge in [-0.25, -0.2) is 9.79 Å². The maximum atomic E-state index is 11.6. The predicted molar refractivity (Wildman–Crippen MR) is 145 cm³/mol. The Morgan fingerprint density at radius 1 is 1.03 bits per heavy atom. The number of guanidine groups is 1. The Balaban J connectivity index is 2.12. The molecule has 2 rings (SSSR count). The van der Waals surface area contributed by atoms with E-state index in [0.29, 0.717) is 11.5 Å². The number of hydrogen-bond donors (Lipinski definition) is 5. The standard InChI is InChI=1S/C28H43N5O2/c1-2-3-4-5-6-8-14-23(19-22-12-9-7-10-13-22)16-17-25(33-26-15-11-18-31-26)24(20-27(34)35)21-32-28(29)30/h7,9-13,15,18,20,23,25,31,33H,2-6,8,14,16-17,19,21H2,1H3,(H,34,35)(H4,29,30,32). The summed E-state index contributed by atoms with van der Waals surface area (Å²) in [5.41, 5.74) is 13.1. The third-order valence-electron chi connectivity index (χ3n) is 6.33. The molecule has 0 saturated carbocycles. The molecule has 0 saturated heterocycles. The molecule has 0 bridgehead atoms. The van der Waals surface area contributed by atoms with Crippen molar-refractivity contribution in [3.05, 3.63) is 65.9 Å². The van der Waals surface area contributed by atoms with Gasteiger partial charge in [0.25, 0.3) is 0 Å². The second-order valence-corrected chi connectivity index (χ2v) is 9.27. The SMILES string of the molecule is CCCCCCCCC(CCC(Nc1ccc[nH]1)C(=CC(=O)O)CN=C(N)N)Cc1ccccc1. The Bertz CT molecular complexity index is 889. The van der Waals surface area contributed by atoms with E-state index in [1.165, 1.54) is 56.6 Å². The summed E-state index contributed by atoms with van der Waals surface area (Å²) in [6, 6.07) is 14.3. The molecule has 0 aliphatic carbocycles. The Labute approximate surface area is 210 Å². The molecule has 7 N–H and O–H groups in total. The second-order valence-electron chi connectivity index (χ2n) is 9.27. The fourth-order valence-corrected chi connectivity index (χ4v) is 4.47. The summed E-state index contributed by atoms with van der Waals surface area (Å²) in [5, 5.41) is 12.9. The number of hydrogen-bond acceptors (Lipinski definition) is 3. The summed E-state index contributed by atoms with van der Waals surface area (Å²) < 4.78 is 0. The van der Waals surface area contributed by atoms with Crippen LogP contribution in [0.4, 0.5) is 5.82 Å². The van der Waals surface area contributed by atoms with Crippen LogP contribution in [0.15, 0.2) is 65.3 Å². The van der Waals surface area contributed by atoms with Gasteiger partial charge >= 0.3 is 5.97 Å². The lowest BCUT2D eigenvalue weighted by Gasteiger charge is -2.25. The molecule has 2 atom stereocenters. The molecule has 0 fully saturated rings. The van der Waals surface area contributed by atoms with Crippen LogP contribution in [0.5, 0.6) is 0 Å². The smallest absolute Gasteiger partial charge is 0.328 e. The number of anilines is 1.